The minimum atomic E-state index is -3.37. The van der Waals surface area contributed by atoms with Crippen molar-refractivity contribution < 1.29 is 12.8 Å². The molecule has 1 N–H and O–H groups in total. The molecule has 5 heteroatoms. The fraction of sp³-hybridized carbons (Fsp3) is 0.429. The highest BCUT2D eigenvalue weighted by Gasteiger charge is 2.47. The van der Waals surface area contributed by atoms with Crippen LogP contribution in [-0.2, 0) is 14.6 Å². The number of unbranched alkanes of at least 4 members (excludes halogenated alkanes) is 1. The average molecular weight is 281 g/mol. The summed E-state index contributed by atoms with van der Waals surface area (Å²) in [4.78, 5) is 3.04. The molecule has 0 bridgehead atoms. The number of rotatable bonds is 6. The van der Waals surface area contributed by atoms with Crippen LogP contribution in [0.3, 0.4) is 0 Å². The molecule has 2 heterocycles. The van der Waals surface area contributed by atoms with Gasteiger partial charge in [0.25, 0.3) is 0 Å². The lowest BCUT2D eigenvalue weighted by Crippen LogP contribution is -2.36. The third-order valence-corrected chi connectivity index (χ3v) is 5.36. The van der Waals surface area contributed by atoms with Crippen molar-refractivity contribution in [1.82, 2.24) is 4.98 Å². The fourth-order valence-electron chi connectivity index (χ4n) is 2.47. The van der Waals surface area contributed by atoms with Gasteiger partial charge in [0.1, 0.15) is 5.76 Å². The van der Waals surface area contributed by atoms with E-state index in [4.69, 9.17) is 4.42 Å². The first-order valence-electron chi connectivity index (χ1n) is 6.40. The Morgan fingerprint density at radius 2 is 2.11 bits per heavy atom. The zero-order chi connectivity index (χ0) is 13.9. The molecular formula is C14H19NO3S. The Labute approximate surface area is 113 Å². The molecule has 0 fully saturated rings. The Bertz CT molecular complexity index is 563. The zero-order valence-corrected chi connectivity index (χ0v) is 12.0. The van der Waals surface area contributed by atoms with E-state index in [1.54, 1.807) is 24.4 Å². The van der Waals surface area contributed by atoms with Crippen LogP contribution in [0.15, 0.2) is 41.1 Å². The molecule has 0 saturated heterocycles. The van der Waals surface area contributed by atoms with E-state index in [9.17, 15) is 8.42 Å². The summed E-state index contributed by atoms with van der Waals surface area (Å²) in [6.07, 6.45) is 6.78. The maximum Gasteiger partial charge on any atom is 0.169 e. The topological polar surface area (TPSA) is 63.1 Å². The summed E-state index contributed by atoms with van der Waals surface area (Å²) in [7, 11) is -3.37. The Morgan fingerprint density at radius 3 is 2.58 bits per heavy atom. The number of nitrogens with one attached hydrogen (secondary N) is 1. The smallest absolute Gasteiger partial charge is 0.169 e. The van der Waals surface area contributed by atoms with E-state index < -0.39 is 14.6 Å². The SMILES string of the molecule is CCCCC(c1ccc[nH]1)(c1ccco1)S(C)(=O)=O. The molecule has 19 heavy (non-hydrogen) atoms. The first-order chi connectivity index (χ1) is 9.02. The first kappa shape index (κ1) is 13.9. The van der Waals surface area contributed by atoms with E-state index in [1.165, 1.54) is 12.5 Å². The summed E-state index contributed by atoms with van der Waals surface area (Å²) < 4.78 is 29.3. The molecule has 0 aliphatic carbocycles. The molecule has 4 nitrogen and oxygen atoms in total. The van der Waals surface area contributed by atoms with Gasteiger partial charge in [0.2, 0.25) is 0 Å². The van der Waals surface area contributed by atoms with E-state index in [-0.39, 0.29) is 0 Å². The standard InChI is InChI=1S/C14H19NO3S/c1-3-4-9-14(19(2,16)17,12-7-5-10-15-12)13-8-6-11-18-13/h5-8,10-11,15H,3-4,9H2,1-2H3. The molecule has 2 aromatic rings. The molecule has 2 rings (SSSR count). The van der Waals surface area contributed by atoms with Crippen LogP contribution >= 0.6 is 0 Å². The van der Waals surface area contributed by atoms with Crippen molar-refractivity contribution >= 4 is 9.84 Å². The molecular weight excluding hydrogens is 262 g/mol. The average Bonchev–Trinajstić information content (AvgIpc) is 3.01. The molecule has 1 unspecified atom stereocenters. The number of hydrogen-bond acceptors (Lipinski definition) is 3. The minimum absolute atomic E-state index is 0.478. The van der Waals surface area contributed by atoms with Gasteiger partial charge < -0.3 is 9.40 Å². The van der Waals surface area contributed by atoms with Gasteiger partial charge >= 0.3 is 0 Å². The Morgan fingerprint density at radius 1 is 1.32 bits per heavy atom. The van der Waals surface area contributed by atoms with Crippen LogP contribution in [0.2, 0.25) is 0 Å². The highest BCUT2D eigenvalue weighted by molar-refractivity contribution is 7.91. The number of hydrogen-bond donors (Lipinski definition) is 1. The molecule has 0 spiro atoms. The van der Waals surface area contributed by atoms with E-state index >= 15 is 0 Å². The summed E-state index contributed by atoms with van der Waals surface area (Å²) in [6.45, 7) is 2.05. The van der Waals surface area contributed by atoms with Gasteiger partial charge in [0, 0.05) is 18.1 Å². The summed E-state index contributed by atoms with van der Waals surface area (Å²) in [5, 5.41) is 0. The van der Waals surface area contributed by atoms with Crippen LogP contribution in [0.4, 0.5) is 0 Å². The number of aromatic amines is 1. The lowest BCUT2D eigenvalue weighted by atomic mass is 9.94. The molecule has 2 aromatic heterocycles. The molecule has 0 aromatic carbocycles. The van der Waals surface area contributed by atoms with Crippen LogP contribution in [0.1, 0.15) is 37.6 Å². The summed E-state index contributed by atoms with van der Waals surface area (Å²) in [6, 6.07) is 7.07. The number of H-pyrrole nitrogens is 1. The van der Waals surface area contributed by atoms with Gasteiger partial charge in [0.05, 0.1) is 6.26 Å². The highest BCUT2D eigenvalue weighted by atomic mass is 32.2. The van der Waals surface area contributed by atoms with Gasteiger partial charge in [-0.15, -0.1) is 0 Å². The monoisotopic (exact) mass is 281 g/mol. The molecule has 1 atom stereocenters. The van der Waals surface area contributed by atoms with Crippen molar-refractivity contribution in [2.75, 3.05) is 6.26 Å². The Kier molecular flexibility index (Phi) is 3.85. The maximum atomic E-state index is 12.5. The van der Waals surface area contributed by atoms with Crippen LogP contribution < -0.4 is 0 Å². The fourth-order valence-corrected chi connectivity index (χ4v) is 4.00. The van der Waals surface area contributed by atoms with Gasteiger partial charge in [-0.3, -0.25) is 0 Å². The van der Waals surface area contributed by atoms with Crippen molar-refractivity contribution in [1.29, 1.82) is 0 Å². The van der Waals surface area contributed by atoms with Crippen molar-refractivity contribution in [3.63, 3.8) is 0 Å². The molecule has 104 valence electrons. The number of furan rings is 1. The van der Waals surface area contributed by atoms with Crippen LogP contribution in [0.25, 0.3) is 0 Å². The van der Waals surface area contributed by atoms with E-state index in [2.05, 4.69) is 4.98 Å². The predicted molar refractivity (Wildman–Crippen MR) is 74.6 cm³/mol. The Balaban J connectivity index is 2.65. The summed E-state index contributed by atoms with van der Waals surface area (Å²) in [5.41, 5.74) is 0.665. The van der Waals surface area contributed by atoms with Crippen molar-refractivity contribution in [3.05, 3.63) is 48.2 Å². The predicted octanol–water partition coefficient (Wildman–Crippen LogP) is 3.09. The highest BCUT2D eigenvalue weighted by Crippen LogP contribution is 2.41. The second-order valence-electron chi connectivity index (χ2n) is 4.76. The van der Waals surface area contributed by atoms with E-state index in [1.807, 2.05) is 13.0 Å². The van der Waals surface area contributed by atoms with Gasteiger partial charge in [-0.05, 0) is 30.7 Å². The molecule has 0 aliphatic rings. The molecule has 0 aliphatic heterocycles. The van der Waals surface area contributed by atoms with Crippen LogP contribution in [0.5, 0.6) is 0 Å². The van der Waals surface area contributed by atoms with Crippen molar-refractivity contribution in [2.24, 2.45) is 0 Å². The van der Waals surface area contributed by atoms with E-state index in [0.29, 0.717) is 17.9 Å². The van der Waals surface area contributed by atoms with Crippen LogP contribution in [-0.4, -0.2) is 19.7 Å². The Hall–Kier alpha value is -1.49. The number of sulfone groups is 1. The third kappa shape index (κ3) is 2.34. The van der Waals surface area contributed by atoms with Gasteiger partial charge in [0.15, 0.2) is 14.6 Å². The van der Waals surface area contributed by atoms with Crippen molar-refractivity contribution in [3.8, 4) is 0 Å². The molecule has 0 radical (unpaired) electrons. The van der Waals surface area contributed by atoms with Gasteiger partial charge in [-0.2, -0.15) is 0 Å². The van der Waals surface area contributed by atoms with Crippen LogP contribution in [0, 0.1) is 0 Å². The van der Waals surface area contributed by atoms with E-state index in [0.717, 1.165) is 12.8 Å². The second-order valence-corrected chi connectivity index (χ2v) is 7.01. The normalized spacial score (nSPS) is 15.3. The van der Waals surface area contributed by atoms with Gasteiger partial charge in [-0.25, -0.2) is 8.42 Å². The minimum Gasteiger partial charge on any atom is -0.467 e. The molecule has 0 amide bonds. The van der Waals surface area contributed by atoms with Crippen molar-refractivity contribution in [2.45, 2.75) is 30.9 Å². The second kappa shape index (κ2) is 5.25. The summed E-state index contributed by atoms with van der Waals surface area (Å²) in [5.74, 6) is 0.478. The van der Waals surface area contributed by atoms with Gasteiger partial charge in [-0.1, -0.05) is 19.8 Å². The molecule has 0 saturated carbocycles. The first-order valence-corrected chi connectivity index (χ1v) is 8.29. The zero-order valence-electron chi connectivity index (χ0n) is 11.2. The quantitative estimate of drug-likeness (QED) is 0.885. The third-order valence-electron chi connectivity index (χ3n) is 3.47. The lowest BCUT2D eigenvalue weighted by molar-refractivity contribution is 0.420. The maximum absolute atomic E-state index is 12.5. The number of aromatic nitrogens is 1. The summed E-state index contributed by atoms with van der Waals surface area (Å²) >= 11 is 0. The largest absolute Gasteiger partial charge is 0.467 e. The lowest BCUT2D eigenvalue weighted by Gasteiger charge is -2.29.